The Bertz CT molecular complexity index is 1180. The van der Waals surface area contributed by atoms with Crippen molar-refractivity contribution in [2.75, 3.05) is 18.4 Å². The Hall–Kier alpha value is -2.85. The van der Waals surface area contributed by atoms with Crippen LogP contribution in [0.4, 0.5) is 10.1 Å². The Morgan fingerprint density at radius 1 is 1.28 bits per heavy atom. The van der Waals surface area contributed by atoms with Crippen LogP contribution in [0.25, 0.3) is 11.0 Å². The molecule has 10 heteroatoms. The topological polar surface area (TPSA) is 105 Å². The quantitative estimate of drug-likeness (QED) is 0.698. The number of hydrogen-bond acceptors (Lipinski definition) is 6. The van der Waals surface area contributed by atoms with E-state index in [1.54, 1.807) is 31.2 Å². The Balaban J connectivity index is 1.53. The number of amides is 1. The molecule has 8 nitrogen and oxygen atoms in total. The zero-order valence-electron chi connectivity index (χ0n) is 15.6. The van der Waals surface area contributed by atoms with E-state index in [-0.39, 0.29) is 22.9 Å². The summed E-state index contributed by atoms with van der Waals surface area (Å²) >= 11 is 0. The van der Waals surface area contributed by atoms with Gasteiger partial charge in [-0.2, -0.15) is 4.31 Å². The van der Waals surface area contributed by atoms with E-state index in [2.05, 4.69) is 20.3 Å². The van der Waals surface area contributed by atoms with Gasteiger partial charge in [-0.15, -0.1) is 0 Å². The molecule has 1 aliphatic heterocycles. The van der Waals surface area contributed by atoms with E-state index in [4.69, 9.17) is 0 Å². The van der Waals surface area contributed by atoms with Crippen molar-refractivity contribution in [3.8, 4) is 0 Å². The SMILES string of the molecule is Cc1ccc(NC(=O)[C@H]2CCCN(S(=O)(=O)c3cccc4nonc34)C2)cc1F. The van der Waals surface area contributed by atoms with E-state index in [0.717, 1.165) is 0 Å². The fourth-order valence-corrected chi connectivity index (χ4v) is 5.08. The van der Waals surface area contributed by atoms with Crippen LogP contribution < -0.4 is 5.32 Å². The van der Waals surface area contributed by atoms with E-state index in [9.17, 15) is 17.6 Å². The van der Waals surface area contributed by atoms with Gasteiger partial charge in [0.25, 0.3) is 0 Å². The van der Waals surface area contributed by atoms with E-state index >= 15 is 0 Å². The summed E-state index contributed by atoms with van der Waals surface area (Å²) in [6.07, 6.45) is 1.08. The van der Waals surface area contributed by atoms with Gasteiger partial charge >= 0.3 is 0 Å². The first-order valence-electron chi connectivity index (χ1n) is 9.15. The number of carbonyl (C=O) groups excluding carboxylic acids is 1. The smallest absolute Gasteiger partial charge is 0.245 e. The molecule has 1 fully saturated rings. The lowest BCUT2D eigenvalue weighted by molar-refractivity contribution is -0.120. The second kappa shape index (κ2) is 7.53. The lowest BCUT2D eigenvalue weighted by Crippen LogP contribution is -2.43. The minimum Gasteiger partial charge on any atom is -0.326 e. The zero-order chi connectivity index (χ0) is 20.6. The van der Waals surface area contributed by atoms with Crippen LogP contribution in [0.1, 0.15) is 18.4 Å². The lowest BCUT2D eigenvalue weighted by Gasteiger charge is -2.31. The number of fused-ring (bicyclic) bond motifs is 1. The van der Waals surface area contributed by atoms with Crippen molar-refractivity contribution in [1.82, 2.24) is 14.6 Å². The van der Waals surface area contributed by atoms with Gasteiger partial charge in [-0.25, -0.2) is 17.4 Å². The lowest BCUT2D eigenvalue weighted by atomic mass is 9.98. The van der Waals surface area contributed by atoms with Gasteiger partial charge in [0.1, 0.15) is 16.2 Å². The number of nitrogens with one attached hydrogen (secondary N) is 1. The Morgan fingerprint density at radius 3 is 2.90 bits per heavy atom. The van der Waals surface area contributed by atoms with Crippen LogP contribution in [0.15, 0.2) is 45.9 Å². The summed E-state index contributed by atoms with van der Waals surface area (Å²) in [4.78, 5) is 12.6. The fourth-order valence-electron chi connectivity index (χ4n) is 3.42. The van der Waals surface area contributed by atoms with Crippen LogP contribution in [0, 0.1) is 18.7 Å². The standard InChI is InChI=1S/C19H19FN4O4S/c1-12-7-8-14(10-15(12)20)21-19(25)13-4-3-9-24(11-13)29(26,27)17-6-2-5-16-18(17)23-28-22-16/h2,5-8,10,13H,3-4,9,11H2,1H3,(H,21,25)/t13-/m0/s1. The van der Waals surface area contributed by atoms with Crippen molar-refractivity contribution < 1.29 is 22.2 Å². The minimum absolute atomic E-state index is 0.00193. The fraction of sp³-hybridized carbons (Fsp3) is 0.316. The summed E-state index contributed by atoms with van der Waals surface area (Å²) in [5.74, 6) is -1.29. The summed E-state index contributed by atoms with van der Waals surface area (Å²) in [5, 5.41) is 10.1. The summed E-state index contributed by atoms with van der Waals surface area (Å²) in [7, 11) is -3.88. The number of halogens is 1. The predicted molar refractivity (Wildman–Crippen MR) is 103 cm³/mol. The van der Waals surface area contributed by atoms with Crippen molar-refractivity contribution >= 4 is 32.7 Å². The third kappa shape index (κ3) is 3.73. The number of anilines is 1. The molecule has 3 aromatic rings. The van der Waals surface area contributed by atoms with Gasteiger partial charge in [-0.3, -0.25) is 4.79 Å². The van der Waals surface area contributed by atoms with Crippen LogP contribution in [0.3, 0.4) is 0 Å². The molecule has 1 aromatic heterocycles. The van der Waals surface area contributed by atoms with Gasteiger partial charge < -0.3 is 5.32 Å². The monoisotopic (exact) mass is 418 g/mol. The first kappa shape index (κ1) is 19.5. The third-order valence-corrected chi connectivity index (χ3v) is 6.96. The second-order valence-electron chi connectivity index (χ2n) is 7.04. The largest absolute Gasteiger partial charge is 0.326 e. The van der Waals surface area contributed by atoms with Crippen LogP contribution in [0.5, 0.6) is 0 Å². The molecule has 1 saturated heterocycles. The summed E-state index contributed by atoms with van der Waals surface area (Å²) in [6.45, 7) is 1.97. The molecule has 29 heavy (non-hydrogen) atoms. The number of nitrogens with zero attached hydrogens (tertiary/aromatic N) is 3. The number of benzene rings is 2. The number of aromatic nitrogens is 2. The van der Waals surface area contributed by atoms with Gasteiger partial charge in [0, 0.05) is 18.8 Å². The highest BCUT2D eigenvalue weighted by Gasteiger charge is 2.35. The molecular weight excluding hydrogens is 399 g/mol. The average molecular weight is 418 g/mol. The normalized spacial score (nSPS) is 18.1. The number of piperidine rings is 1. The first-order chi connectivity index (χ1) is 13.9. The van der Waals surface area contributed by atoms with Gasteiger partial charge in [-0.1, -0.05) is 12.1 Å². The van der Waals surface area contributed by atoms with Gasteiger partial charge in [0.05, 0.1) is 5.92 Å². The molecule has 0 radical (unpaired) electrons. The van der Waals surface area contributed by atoms with E-state index in [1.165, 1.54) is 16.4 Å². The van der Waals surface area contributed by atoms with Crippen LogP contribution in [0.2, 0.25) is 0 Å². The highest BCUT2D eigenvalue weighted by molar-refractivity contribution is 7.89. The van der Waals surface area contributed by atoms with Gasteiger partial charge in [0.2, 0.25) is 15.9 Å². The molecule has 2 heterocycles. The van der Waals surface area contributed by atoms with Crippen LogP contribution >= 0.6 is 0 Å². The molecule has 0 bridgehead atoms. The zero-order valence-corrected chi connectivity index (χ0v) is 16.4. The number of hydrogen-bond donors (Lipinski definition) is 1. The molecule has 4 rings (SSSR count). The Kier molecular flexibility index (Phi) is 5.05. The maximum absolute atomic E-state index is 13.7. The van der Waals surface area contributed by atoms with Crippen molar-refractivity contribution in [2.24, 2.45) is 5.92 Å². The predicted octanol–water partition coefficient (Wildman–Crippen LogP) is 2.71. The third-order valence-electron chi connectivity index (χ3n) is 5.06. The number of sulfonamides is 1. The van der Waals surface area contributed by atoms with Crippen molar-refractivity contribution in [2.45, 2.75) is 24.7 Å². The maximum atomic E-state index is 13.7. The molecule has 1 aliphatic rings. The molecular formula is C19H19FN4O4S. The highest BCUT2D eigenvalue weighted by Crippen LogP contribution is 2.28. The summed E-state index contributed by atoms with van der Waals surface area (Å²) in [6, 6.07) is 9.07. The molecule has 0 unspecified atom stereocenters. The molecule has 1 N–H and O–H groups in total. The molecule has 0 saturated carbocycles. The molecule has 0 aliphatic carbocycles. The maximum Gasteiger partial charge on any atom is 0.245 e. The van der Waals surface area contributed by atoms with E-state index < -0.39 is 21.8 Å². The number of carbonyl (C=O) groups is 1. The second-order valence-corrected chi connectivity index (χ2v) is 8.95. The molecule has 152 valence electrons. The van der Waals surface area contributed by atoms with Crippen molar-refractivity contribution in [1.29, 1.82) is 0 Å². The summed E-state index contributed by atoms with van der Waals surface area (Å²) < 4.78 is 45.9. The molecule has 0 spiro atoms. The van der Waals surface area contributed by atoms with Gasteiger partial charge in [-0.05, 0) is 59.9 Å². The van der Waals surface area contributed by atoms with E-state index in [1.807, 2.05) is 0 Å². The average Bonchev–Trinajstić information content (AvgIpc) is 3.19. The molecule has 2 aromatic carbocycles. The highest BCUT2D eigenvalue weighted by atomic mass is 32.2. The Labute approximate surface area is 166 Å². The van der Waals surface area contributed by atoms with Gasteiger partial charge in [0.15, 0.2) is 5.52 Å². The summed E-state index contributed by atoms with van der Waals surface area (Å²) in [5.41, 5.74) is 1.33. The van der Waals surface area contributed by atoms with Crippen LogP contribution in [-0.2, 0) is 14.8 Å². The number of rotatable bonds is 4. The molecule has 1 amide bonds. The van der Waals surface area contributed by atoms with E-state index in [0.29, 0.717) is 36.2 Å². The van der Waals surface area contributed by atoms with Crippen molar-refractivity contribution in [3.05, 3.63) is 47.8 Å². The van der Waals surface area contributed by atoms with Crippen molar-refractivity contribution in [3.63, 3.8) is 0 Å². The number of aryl methyl sites for hydroxylation is 1. The van der Waals surface area contributed by atoms with Crippen LogP contribution in [-0.4, -0.2) is 42.0 Å². The molecule has 1 atom stereocenters. The Morgan fingerprint density at radius 2 is 2.10 bits per heavy atom. The minimum atomic E-state index is -3.88. The first-order valence-corrected chi connectivity index (χ1v) is 10.6.